The smallest absolute Gasteiger partial charge is 0.348 e. The SMILES string of the molecule is O=C(O)C1NC=NN1. The molecule has 1 unspecified atom stereocenters. The lowest BCUT2D eigenvalue weighted by Gasteiger charge is -2.01. The predicted molar refractivity (Wildman–Crippen MR) is 26.2 cm³/mol. The molecule has 0 fully saturated rings. The number of nitrogens with zero attached hydrogens (tertiary/aromatic N) is 1. The van der Waals surface area contributed by atoms with Gasteiger partial charge in [-0.2, -0.15) is 5.10 Å². The first-order valence-electron chi connectivity index (χ1n) is 2.06. The molecule has 0 aromatic rings. The first kappa shape index (κ1) is 4.89. The minimum atomic E-state index is -0.956. The highest BCUT2D eigenvalue weighted by molar-refractivity contribution is 5.77. The third-order valence-electron chi connectivity index (χ3n) is 0.756. The lowest BCUT2D eigenvalue weighted by molar-refractivity contribution is -0.139. The van der Waals surface area contributed by atoms with E-state index in [9.17, 15) is 4.79 Å². The van der Waals surface area contributed by atoms with Crippen LogP contribution in [0.5, 0.6) is 0 Å². The fraction of sp³-hybridized carbons (Fsp3) is 0.333. The zero-order valence-electron chi connectivity index (χ0n) is 3.96. The van der Waals surface area contributed by atoms with Crippen LogP contribution in [0, 0.1) is 0 Å². The standard InChI is InChI=1S/C3H5N3O2/c7-3(8)2-4-1-5-6-2/h1-2,6H,(H,4,5)(H,7,8). The van der Waals surface area contributed by atoms with Crippen molar-refractivity contribution in [1.82, 2.24) is 10.7 Å². The number of carbonyl (C=O) groups is 1. The number of aliphatic carboxylic acids is 1. The van der Waals surface area contributed by atoms with Gasteiger partial charge in [-0.15, -0.1) is 0 Å². The van der Waals surface area contributed by atoms with Crippen molar-refractivity contribution in [3.05, 3.63) is 0 Å². The van der Waals surface area contributed by atoms with Gasteiger partial charge in [0.05, 0.1) is 0 Å². The van der Waals surface area contributed by atoms with Crippen LogP contribution in [0.15, 0.2) is 5.10 Å². The van der Waals surface area contributed by atoms with Crippen LogP contribution >= 0.6 is 0 Å². The maximum atomic E-state index is 10.00. The molecule has 1 atom stereocenters. The van der Waals surface area contributed by atoms with Gasteiger partial charge in [0.25, 0.3) is 0 Å². The topological polar surface area (TPSA) is 73.7 Å². The number of nitrogens with one attached hydrogen (secondary N) is 2. The van der Waals surface area contributed by atoms with Crippen LogP contribution in [-0.2, 0) is 4.79 Å². The normalized spacial score (nSPS) is 24.2. The summed E-state index contributed by atoms with van der Waals surface area (Å²) in [6, 6.07) is 0. The van der Waals surface area contributed by atoms with Gasteiger partial charge in [-0.3, -0.25) is 5.43 Å². The Kier molecular flexibility index (Phi) is 1.03. The molecule has 0 spiro atoms. The van der Waals surface area contributed by atoms with E-state index < -0.39 is 12.1 Å². The van der Waals surface area contributed by atoms with E-state index in [0.29, 0.717) is 0 Å². The molecule has 5 heteroatoms. The van der Waals surface area contributed by atoms with Crippen LogP contribution in [0.2, 0.25) is 0 Å². The second kappa shape index (κ2) is 1.69. The molecule has 0 bridgehead atoms. The number of hydrogen-bond acceptors (Lipinski definition) is 4. The Morgan fingerprint density at radius 2 is 2.62 bits per heavy atom. The highest BCUT2D eigenvalue weighted by Crippen LogP contribution is 1.80. The van der Waals surface area contributed by atoms with Crippen LogP contribution in [-0.4, -0.2) is 23.6 Å². The molecule has 1 rings (SSSR count). The fourth-order valence-corrected chi connectivity index (χ4v) is 0.387. The van der Waals surface area contributed by atoms with Crippen molar-refractivity contribution in [3.63, 3.8) is 0 Å². The number of carboxylic acid groups (broad SMARTS) is 1. The summed E-state index contributed by atoms with van der Waals surface area (Å²) in [6.07, 6.45) is 0.564. The second-order valence-corrected chi connectivity index (χ2v) is 1.33. The number of carboxylic acids is 1. The van der Waals surface area contributed by atoms with Crippen molar-refractivity contribution in [2.24, 2.45) is 5.10 Å². The molecular weight excluding hydrogens is 110 g/mol. The first-order chi connectivity index (χ1) is 3.80. The van der Waals surface area contributed by atoms with Crippen LogP contribution in [0.25, 0.3) is 0 Å². The molecule has 1 heterocycles. The molecule has 8 heavy (non-hydrogen) atoms. The summed E-state index contributed by atoms with van der Waals surface area (Å²) in [5.41, 5.74) is 2.31. The summed E-state index contributed by atoms with van der Waals surface area (Å²) in [5, 5.41) is 14.1. The van der Waals surface area contributed by atoms with E-state index in [0.717, 1.165) is 0 Å². The van der Waals surface area contributed by atoms with E-state index in [1.807, 2.05) is 0 Å². The molecule has 3 N–H and O–H groups in total. The minimum absolute atomic E-state index is 0.741. The Balaban J connectivity index is 2.41. The lowest BCUT2D eigenvalue weighted by atomic mass is 10.5. The monoisotopic (exact) mass is 115 g/mol. The average Bonchev–Trinajstić information content (AvgIpc) is 2.12. The van der Waals surface area contributed by atoms with Crippen molar-refractivity contribution < 1.29 is 9.90 Å². The third kappa shape index (κ3) is 0.699. The third-order valence-corrected chi connectivity index (χ3v) is 0.756. The van der Waals surface area contributed by atoms with E-state index in [2.05, 4.69) is 15.8 Å². The first-order valence-corrected chi connectivity index (χ1v) is 2.06. The Hall–Kier alpha value is -1.26. The summed E-state index contributed by atoms with van der Waals surface area (Å²) in [5.74, 6) is -0.956. The zero-order valence-corrected chi connectivity index (χ0v) is 3.96. The summed E-state index contributed by atoms with van der Waals surface area (Å²) < 4.78 is 0. The van der Waals surface area contributed by atoms with E-state index >= 15 is 0 Å². The zero-order chi connectivity index (χ0) is 5.98. The highest BCUT2D eigenvalue weighted by atomic mass is 16.4. The average molecular weight is 115 g/mol. The summed E-state index contributed by atoms with van der Waals surface area (Å²) in [4.78, 5) is 10.00. The van der Waals surface area contributed by atoms with E-state index in [4.69, 9.17) is 5.11 Å². The number of hydrogen-bond donors (Lipinski definition) is 3. The number of rotatable bonds is 1. The van der Waals surface area contributed by atoms with E-state index in [1.54, 1.807) is 0 Å². The molecule has 0 saturated carbocycles. The summed E-state index contributed by atoms with van der Waals surface area (Å²) >= 11 is 0. The Bertz CT molecular complexity index is 124. The molecule has 0 aliphatic carbocycles. The van der Waals surface area contributed by atoms with Gasteiger partial charge in [-0.05, 0) is 0 Å². The van der Waals surface area contributed by atoms with Crippen molar-refractivity contribution in [1.29, 1.82) is 0 Å². The second-order valence-electron chi connectivity index (χ2n) is 1.33. The Morgan fingerprint density at radius 1 is 1.88 bits per heavy atom. The van der Waals surface area contributed by atoms with Crippen molar-refractivity contribution >= 4 is 12.3 Å². The van der Waals surface area contributed by atoms with Gasteiger partial charge in [0, 0.05) is 0 Å². The van der Waals surface area contributed by atoms with E-state index in [-0.39, 0.29) is 0 Å². The fourth-order valence-electron chi connectivity index (χ4n) is 0.387. The highest BCUT2D eigenvalue weighted by Gasteiger charge is 2.16. The van der Waals surface area contributed by atoms with Crippen LogP contribution < -0.4 is 10.7 Å². The van der Waals surface area contributed by atoms with Crippen molar-refractivity contribution in [2.45, 2.75) is 6.17 Å². The molecule has 0 aromatic carbocycles. The Morgan fingerprint density at radius 3 is 2.88 bits per heavy atom. The van der Waals surface area contributed by atoms with Gasteiger partial charge in [0.1, 0.15) is 6.34 Å². The quantitative estimate of drug-likeness (QED) is 0.390. The van der Waals surface area contributed by atoms with Gasteiger partial charge in [-0.25, -0.2) is 4.79 Å². The molecule has 0 saturated heterocycles. The lowest BCUT2D eigenvalue weighted by Crippen LogP contribution is -2.39. The maximum Gasteiger partial charge on any atom is 0.348 e. The molecule has 1 aliphatic rings. The van der Waals surface area contributed by atoms with Gasteiger partial charge >= 0.3 is 5.97 Å². The molecule has 0 aromatic heterocycles. The number of hydrazone groups is 1. The summed E-state index contributed by atoms with van der Waals surface area (Å²) in [7, 11) is 0. The van der Waals surface area contributed by atoms with Crippen molar-refractivity contribution in [3.8, 4) is 0 Å². The van der Waals surface area contributed by atoms with Gasteiger partial charge in [-0.1, -0.05) is 0 Å². The van der Waals surface area contributed by atoms with Crippen molar-refractivity contribution in [2.75, 3.05) is 0 Å². The molecule has 0 radical (unpaired) electrons. The summed E-state index contributed by atoms with van der Waals surface area (Å²) in [6.45, 7) is 0. The molecule has 1 aliphatic heterocycles. The molecule has 44 valence electrons. The van der Waals surface area contributed by atoms with Gasteiger partial charge < -0.3 is 10.4 Å². The van der Waals surface area contributed by atoms with Crippen LogP contribution in [0.4, 0.5) is 0 Å². The molecule has 5 nitrogen and oxygen atoms in total. The molecule has 0 amide bonds. The molecular formula is C3H5N3O2. The van der Waals surface area contributed by atoms with Crippen LogP contribution in [0.3, 0.4) is 0 Å². The Labute approximate surface area is 45.4 Å². The largest absolute Gasteiger partial charge is 0.478 e. The maximum absolute atomic E-state index is 10.00. The van der Waals surface area contributed by atoms with E-state index in [1.165, 1.54) is 6.34 Å². The minimum Gasteiger partial charge on any atom is -0.478 e. The predicted octanol–water partition coefficient (Wildman–Crippen LogP) is -1.47. The van der Waals surface area contributed by atoms with Gasteiger partial charge in [0.15, 0.2) is 0 Å². The van der Waals surface area contributed by atoms with Crippen LogP contribution in [0.1, 0.15) is 0 Å². The van der Waals surface area contributed by atoms with Gasteiger partial charge in [0.2, 0.25) is 6.17 Å².